The van der Waals surface area contributed by atoms with Crippen LogP contribution in [0.5, 0.6) is 5.75 Å². The summed E-state index contributed by atoms with van der Waals surface area (Å²) in [5.41, 5.74) is 3.53. The number of methoxy groups -OCH3 is 1. The van der Waals surface area contributed by atoms with Gasteiger partial charge in [0.1, 0.15) is 11.6 Å². The minimum absolute atomic E-state index is 0.129. The van der Waals surface area contributed by atoms with Crippen LogP contribution in [-0.4, -0.2) is 24.9 Å². The third-order valence-corrected chi connectivity index (χ3v) is 3.72. The van der Waals surface area contributed by atoms with Crippen molar-refractivity contribution in [2.75, 3.05) is 18.3 Å². The molecule has 6 heteroatoms. The van der Waals surface area contributed by atoms with Gasteiger partial charge in [-0.2, -0.15) is 5.10 Å². The number of Topliss-reactive ketones (excluding diaryl/α,β-unsaturated/α-hetero) is 1. The number of ether oxygens (including phenoxy) is 1. The van der Waals surface area contributed by atoms with Crippen molar-refractivity contribution in [1.29, 1.82) is 0 Å². The van der Waals surface area contributed by atoms with Gasteiger partial charge < -0.3 is 4.74 Å². The van der Waals surface area contributed by atoms with Gasteiger partial charge in [0.05, 0.1) is 24.8 Å². The highest BCUT2D eigenvalue weighted by atomic mass is 32.2. The Hall–Kier alpha value is -2.34. The van der Waals surface area contributed by atoms with Crippen molar-refractivity contribution in [2.45, 2.75) is 4.90 Å². The first-order valence-corrected chi connectivity index (χ1v) is 7.50. The Morgan fingerprint density at radius 2 is 1.91 bits per heavy atom. The van der Waals surface area contributed by atoms with Gasteiger partial charge in [0, 0.05) is 4.90 Å². The zero-order valence-corrected chi connectivity index (χ0v) is 12.8. The van der Waals surface area contributed by atoms with Crippen molar-refractivity contribution < 1.29 is 13.9 Å². The second-order valence-corrected chi connectivity index (χ2v) is 5.36. The largest absolute Gasteiger partial charge is 0.497 e. The summed E-state index contributed by atoms with van der Waals surface area (Å²) in [5.74, 6) is 0.581. The van der Waals surface area contributed by atoms with Gasteiger partial charge in [0.25, 0.3) is 0 Å². The van der Waals surface area contributed by atoms with Crippen molar-refractivity contribution in [3.8, 4) is 5.75 Å². The van der Waals surface area contributed by atoms with Crippen LogP contribution in [0.15, 0.2) is 58.5 Å². The van der Waals surface area contributed by atoms with Gasteiger partial charge in [0.2, 0.25) is 0 Å². The van der Waals surface area contributed by atoms with Crippen molar-refractivity contribution >= 4 is 29.4 Å². The van der Waals surface area contributed by atoms with E-state index in [1.54, 1.807) is 43.5 Å². The van der Waals surface area contributed by atoms with Gasteiger partial charge in [-0.15, -0.1) is 11.8 Å². The number of ketones is 1. The molecular formula is C16H15FN2O2S. The lowest BCUT2D eigenvalue weighted by atomic mass is 10.3. The first kappa shape index (κ1) is 16.0. The number of rotatable bonds is 7. The van der Waals surface area contributed by atoms with E-state index in [1.165, 1.54) is 30.1 Å². The number of nitrogens with one attached hydrogen (secondary N) is 1. The molecule has 0 aliphatic carbocycles. The molecule has 114 valence electrons. The van der Waals surface area contributed by atoms with Gasteiger partial charge in [-0.25, -0.2) is 4.39 Å². The molecule has 0 fully saturated rings. The molecule has 2 aromatic carbocycles. The summed E-state index contributed by atoms with van der Waals surface area (Å²) in [5, 5.41) is 3.88. The van der Waals surface area contributed by atoms with E-state index in [2.05, 4.69) is 10.5 Å². The molecule has 22 heavy (non-hydrogen) atoms. The van der Waals surface area contributed by atoms with Crippen LogP contribution in [-0.2, 0) is 4.79 Å². The van der Waals surface area contributed by atoms with Gasteiger partial charge >= 0.3 is 0 Å². The molecule has 4 nitrogen and oxygen atoms in total. The van der Waals surface area contributed by atoms with Crippen LogP contribution >= 0.6 is 11.8 Å². The molecule has 2 aromatic rings. The van der Waals surface area contributed by atoms with Gasteiger partial charge in [-0.05, 0) is 48.5 Å². The van der Waals surface area contributed by atoms with Gasteiger partial charge in [-0.1, -0.05) is 0 Å². The Bertz CT molecular complexity index is 642. The zero-order valence-electron chi connectivity index (χ0n) is 12.0. The summed E-state index contributed by atoms with van der Waals surface area (Å²) in [6.45, 7) is 0. The number of halogens is 1. The number of anilines is 1. The number of hydrogen-bond donors (Lipinski definition) is 1. The molecule has 0 spiro atoms. The highest BCUT2D eigenvalue weighted by molar-refractivity contribution is 8.00. The smallest absolute Gasteiger partial charge is 0.185 e. The number of carbonyl (C=O) groups is 1. The third kappa shape index (κ3) is 5.21. The van der Waals surface area contributed by atoms with Gasteiger partial charge in [0.15, 0.2) is 5.78 Å². The molecule has 0 unspecified atom stereocenters. The lowest BCUT2D eigenvalue weighted by Crippen LogP contribution is -2.04. The maximum atomic E-state index is 12.7. The summed E-state index contributed by atoms with van der Waals surface area (Å²) < 4.78 is 17.8. The Morgan fingerprint density at radius 1 is 1.23 bits per heavy atom. The fourth-order valence-corrected chi connectivity index (χ4v) is 2.28. The lowest BCUT2D eigenvalue weighted by Gasteiger charge is -2.02. The van der Waals surface area contributed by atoms with Crippen LogP contribution < -0.4 is 10.2 Å². The monoisotopic (exact) mass is 318 g/mol. The highest BCUT2D eigenvalue weighted by Gasteiger charge is 2.01. The molecular weight excluding hydrogens is 303 g/mol. The van der Waals surface area contributed by atoms with Gasteiger partial charge in [-0.3, -0.25) is 10.2 Å². The minimum atomic E-state index is -0.291. The first-order valence-electron chi connectivity index (χ1n) is 6.52. The quantitative estimate of drug-likeness (QED) is 0.481. The normalized spacial score (nSPS) is 10.6. The van der Waals surface area contributed by atoms with Crippen molar-refractivity contribution in [1.82, 2.24) is 0 Å². The Labute approximate surface area is 132 Å². The minimum Gasteiger partial charge on any atom is -0.497 e. The fraction of sp³-hybridized carbons (Fsp3) is 0.125. The van der Waals surface area contributed by atoms with E-state index in [-0.39, 0.29) is 17.4 Å². The Balaban J connectivity index is 1.77. The molecule has 0 amide bonds. The predicted octanol–water partition coefficient (Wildman–Crippen LogP) is 3.59. The molecule has 1 N–H and O–H groups in total. The second-order valence-electron chi connectivity index (χ2n) is 4.31. The van der Waals surface area contributed by atoms with Crippen LogP contribution in [0.1, 0.15) is 0 Å². The van der Waals surface area contributed by atoms with Crippen LogP contribution in [0.2, 0.25) is 0 Å². The number of benzene rings is 2. The number of nitrogens with zero attached hydrogens (tertiary/aromatic N) is 1. The van der Waals surface area contributed by atoms with Crippen molar-refractivity contribution in [2.24, 2.45) is 5.10 Å². The third-order valence-electron chi connectivity index (χ3n) is 2.69. The Morgan fingerprint density at radius 3 is 2.55 bits per heavy atom. The molecule has 0 saturated carbocycles. The SMILES string of the molecule is COc1ccc(NN=CC(=O)CSc2ccc(F)cc2)cc1. The van der Waals surface area contributed by atoms with E-state index >= 15 is 0 Å². The second kappa shape index (κ2) is 8.19. The van der Waals surface area contributed by atoms with Crippen molar-refractivity contribution in [3.05, 3.63) is 54.3 Å². The van der Waals surface area contributed by atoms with E-state index < -0.39 is 0 Å². The Kier molecular flexibility index (Phi) is 5.97. The molecule has 0 aliphatic rings. The molecule has 0 bridgehead atoms. The van der Waals surface area contributed by atoms with Crippen LogP contribution in [0, 0.1) is 5.82 Å². The highest BCUT2D eigenvalue weighted by Crippen LogP contribution is 2.18. The van der Waals surface area contributed by atoms with Crippen LogP contribution in [0.3, 0.4) is 0 Å². The maximum absolute atomic E-state index is 12.7. The molecule has 0 radical (unpaired) electrons. The summed E-state index contributed by atoms with van der Waals surface area (Å²) in [7, 11) is 1.60. The first-order chi connectivity index (χ1) is 10.7. The van der Waals surface area contributed by atoms with E-state index in [4.69, 9.17) is 4.74 Å². The van der Waals surface area contributed by atoms with E-state index in [9.17, 15) is 9.18 Å². The lowest BCUT2D eigenvalue weighted by molar-refractivity contribution is -0.110. The van der Waals surface area contributed by atoms with Crippen LogP contribution in [0.4, 0.5) is 10.1 Å². The number of thioether (sulfide) groups is 1. The van der Waals surface area contributed by atoms with E-state index in [1.807, 2.05) is 0 Å². The average molecular weight is 318 g/mol. The molecule has 0 atom stereocenters. The van der Waals surface area contributed by atoms with E-state index in [0.717, 1.165) is 16.3 Å². The zero-order chi connectivity index (χ0) is 15.8. The number of hydrogen-bond acceptors (Lipinski definition) is 5. The standard InChI is InChI=1S/C16H15FN2O2S/c1-21-15-6-4-13(5-7-15)19-18-10-14(20)11-22-16-8-2-12(17)3-9-16/h2-10,19H,11H2,1H3. The average Bonchev–Trinajstić information content (AvgIpc) is 2.55. The topological polar surface area (TPSA) is 50.7 Å². The van der Waals surface area contributed by atoms with Crippen LogP contribution in [0.25, 0.3) is 0 Å². The van der Waals surface area contributed by atoms with E-state index in [0.29, 0.717) is 0 Å². The summed E-state index contributed by atoms with van der Waals surface area (Å²) in [6.07, 6.45) is 1.24. The summed E-state index contributed by atoms with van der Waals surface area (Å²) in [4.78, 5) is 12.5. The molecule has 0 saturated heterocycles. The molecule has 2 rings (SSSR count). The van der Waals surface area contributed by atoms with Crippen molar-refractivity contribution in [3.63, 3.8) is 0 Å². The fourth-order valence-electron chi connectivity index (χ4n) is 1.57. The predicted molar refractivity (Wildman–Crippen MR) is 87.2 cm³/mol. The number of hydrazone groups is 1. The number of carbonyl (C=O) groups excluding carboxylic acids is 1. The molecule has 0 aliphatic heterocycles. The maximum Gasteiger partial charge on any atom is 0.185 e. The summed E-state index contributed by atoms with van der Waals surface area (Å²) >= 11 is 1.34. The molecule has 0 heterocycles. The summed E-state index contributed by atoms with van der Waals surface area (Å²) in [6, 6.07) is 13.2. The molecule has 0 aromatic heterocycles.